The fourth-order valence-electron chi connectivity index (χ4n) is 3.37. The lowest BCUT2D eigenvalue weighted by molar-refractivity contribution is 0.508. The zero-order valence-corrected chi connectivity index (χ0v) is 17.8. The topological polar surface area (TPSA) is 69.6 Å². The zero-order chi connectivity index (χ0) is 20.5. The number of hydrogen-bond acceptors (Lipinski definition) is 6. The van der Waals surface area contributed by atoms with Gasteiger partial charge in [0.1, 0.15) is 5.82 Å². The predicted octanol–water partition coefficient (Wildman–Crippen LogP) is 5.42. The largest absolute Gasteiger partial charge is 0.419 e. The Hall–Kier alpha value is -2.93. The molecular weight excluding hydrogens is 394 g/mol. The van der Waals surface area contributed by atoms with E-state index in [1.807, 2.05) is 30.3 Å². The van der Waals surface area contributed by atoms with Gasteiger partial charge in [-0.3, -0.25) is 0 Å². The van der Waals surface area contributed by atoms with E-state index in [0.717, 1.165) is 23.1 Å². The molecule has 1 atom stereocenters. The molecule has 0 saturated heterocycles. The lowest BCUT2D eigenvalue weighted by atomic mass is 10.1. The second-order valence-corrected chi connectivity index (χ2v) is 9.07. The van der Waals surface area contributed by atoms with Crippen LogP contribution in [0.5, 0.6) is 0 Å². The second kappa shape index (κ2) is 8.07. The van der Waals surface area contributed by atoms with Gasteiger partial charge < -0.3 is 8.98 Å². The van der Waals surface area contributed by atoms with Crippen molar-refractivity contribution in [3.8, 4) is 11.5 Å². The molecule has 1 aliphatic rings. The van der Waals surface area contributed by atoms with Crippen LogP contribution in [-0.2, 0) is 6.54 Å². The minimum absolute atomic E-state index is 0.0255. The first kappa shape index (κ1) is 19.1. The van der Waals surface area contributed by atoms with E-state index in [0.29, 0.717) is 17.7 Å². The quantitative estimate of drug-likeness (QED) is 0.374. The Balaban J connectivity index is 1.37. The summed E-state index contributed by atoms with van der Waals surface area (Å²) in [6, 6.07) is 18.5. The Labute approximate surface area is 179 Å². The summed E-state index contributed by atoms with van der Waals surface area (Å²) in [5.41, 5.74) is 3.37. The number of benzene rings is 2. The highest BCUT2D eigenvalue weighted by molar-refractivity contribution is 7.99. The van der Waals surface area contributed by atoms with Crippen molar-refractivity contribution in [3.05, 3.63) is 77.4 Å². The van der Waals surface area contributed by atoms with Crippen molar-refractivity contribution in [2.24, 2.45) is 0 Å². The molecule has 2 aromatic carbocycles. The summed E-state index contributed by atoms with van der Waals surface area (Å²) in [7, 11) is 0. The highest BCUT2D eigenvalue weighted by Gasteiger charge is 2.31. The van der Waals surface area contributed by atoms with Gasteiger partial charge >= 0.3 is 0 Å². The van der Waals surface area contributed by atoms with Crippen LogP contribution in [0.3, 0.4) is 0 Å². The van der Waals surface area contributed by atoms with Crippen molar-refractivity contribution in [1.29, 1.82) is 0 Å². The van der Waals surface area contributed by atoms with Gasteiger partial charge in [0.2, 0.25) is 11.8 Å². The number of nitrogens with zero attached hydrogens (tertiary/aromatic N) is 5. The van der Waals surface area contributed by atoms with Gasteiger partial charge in [0.25, 0.3) is 0 Å². The van der Waals surface area contributed by atoms with Crippen molar-refractivity contribution in [1.82, 2.24) is 25.0 Å². The highest BCUT2D eigenvalue weighted by Crippen LogP contribution is 2.42. The van der Waals surface area contributed by atoms with E-state index in [4.69, 9.17) is 4.42 Å². The maximum Gasteiger partial charge on any atom is 0.247 e. The van der Waals surface area contributed by atoms with Gasteiger partial charge in [-0.05, 0) is 44.4 Å². The summed E-state index contributed by atoms with van der Waals surface area (Å²) >= 11 is 1.61. The molecule has 0 N–H and O–H groups in total. The number of aryl methyl sites for hydroxylation is 1. The summed E-state index contributed by atoms with van der Waals surface area (Å²) in [4.78, 5) is 0. The first-order valence-electron chi connectivity index (χ1n) is 10.2. The van der Waals surface area contributed by atoms with E-state index in [2.05, 4.69) is 63.1 Å². The molecule has 5 rings (SSSR count). The normalized spacial score (nSPS) is 14.7. The van der Waals surface area contributed by atoms with E-state index in [9.17, 15) is 0 Å². The Bertz CT molecular complexity index is 1130. The second-order valence-electron chi connectivity index (χ2n) is 7.76. The first-order valence-corrected chi connectivity index (χ1v) is 11.1. The third kappa shape index (κ3) is 4.03. The van der Waals surface area contributed by atoms with E-state index in [1.54, 1.807) is 11.8 Å². The zero-order valence-electron chi connectivity index (χ0n) is 17.0. The summed E-state index contributed by atoms with van der Waals surface area (Å²) < 4.78 is 8.21. The average molecular weight is 418 g/mol. The third-order valence-corrected chi connectivity index (χ3v) is 6.31. The Kier molecular flexibility index (Phi) is 5.12. The summed E-state index contributed by atoms with van der Waals surface area (Å²) in [5, 5.41) is 18.4. The molecule has 2 aromatic heterocycles. The van der Waals surface area contributed by atoms with Crippen molar-refractivity contribution >= 4 is 11.8 Å². The van der Waals surface area contributed by atoms with Gasteiger partial charge in [-0.15, -0.1) is 20.4 Å². The van der Waals surface area contributed by atoms with Crippen LogP contribution in [-0.4, -0.2) is 25.0 Å². The molecule has 1 saturated carbocycles. The molecule has 0 unspecified atom stereocenters. The molecule has 1 fully saturated rings. The van der Waals surface area contributed by atoms with Gasteiger partial charge in [0.15, 0.2) is 5.16 Å². The molecule has 152 valence electrons. The molecule has 0 radical (unpaired) electrons. The number of rotatable bonds is 7. The fraction of sp³-hybridized carbons (Fsp3) is 0.304. The molecule has 0 spiro atoms. The van der Waals surface area contributed by atoms with E-state index in [1.165, 1.54) is 24.0 Å². The lowest BCUT2D eigenvalue weighted by Gasteiger charge is -2.11. The molecule has 4 aromatic rings. The van der Waals surface area contributed by atoms with Gasteiger partial charge in [-0.25, -0.2) is 0 Å². The van der Waals surface area contributed by atoms with Crippen molar-refractivity contribution in [3.63, 3.8) is 0 Å². The molecule has 7 heteroatoms. The summed E-state index contributed by atoms with van der Waals surface area (Å²) in [6.45, 7) is 4.89. The molecular formula is C23H23N5OS. The average Bonchev–Trinajstić information content (AvgIpc) is 3.35. The smallest absolute Gasteiger partial charge is 0.247 e. The van der Waals surface area contributed by atoms with E-state index in [-0.39, 0.29) is 5.25 Å². The van der Waals surface area contributed by atoms with E-state index < -0.39 is 0 Å². The maximum atomic E-state index is 5.97. The molecule has 1 aliphatic carbocycles. The minimum Gasteiger partial charge on any atom is -0.419 e. The van der Waals surface area contributed by atoms with Crippen LogP contribution >= 0.6 is 11.8 Å². The fourth-order valence-corrected chi connectivity index (χ4v) is 4.25. The molecule has 0 amide bonds. The number of thioether (sulfide) groups is 1. The van der Waals surface area contributed by atoms with Crippen molar-refractivity contribution in [2.75, 3.05) is 0 Å². The SMILES string of the molecule is Cc1ccc(-c2nnc([C@H](C)Sc3nnc(C4CC4)n3Cc3ccccc3)o2)cc1. The Morgan fingerprint density at radius 1 is 1.00 bits per heavy atom. The maximum absolute atomic E-state index is 5.97. The Morgan fingerprint density at radius 3 is 2.50 bits per heavy atom. The lowest BCUT2D eigenvalue weighted by Crippen LogP contribution is -2.06. The van der Waals surface area contributed by atoms with Crippen LogP contribution in [0.4, 0.5) is 0 Å². The summed E-state index contributed by atoms with van der Waals surface area (Å²) in [5.74, 6) is 2.75. The van der Waals surface area contributed by atoms with Gasteiger partial charge in [0.05, 0.1) is 11.8 Å². The van der Waals surface area contributed by atoms with Crippen LogP contribution in [0, 0.1) is 6.92 Å². The predicted molar refractivity (Wildman–Crippen MR) is 116 cm³/mol. The highest BCUT2D eigenvalue weighted by atomic mass is 32.2. The summed E-state index contributed by atoms with van der Waals surface area (Å²) in [6.07, 6.45) is 2.38. The number of hydrogen-bond donors (Lipinski definition) is 0. The molecule has 0 bridgehead atoms. The number of aromatic nitrogens is 5. The van der Waals surface area contributed by atoms with Crippen LogP contribution in [0.15, 0.2) is 64.2 Å². The van der Waals surface area contributed by atoms with Crippen LogP contribution in [0.2, 0.25) is 0 Å². The first-order chi connectivity index (χ1) is 14.7. The van der Waals surface area contributed by atoms with Crippen molar-refractivity contribution in [2.45, 2.75) is 49.6 Å². The van der Waals surface area contributed by atoms with Crippen LogP contribution in [0.1, 0.15) is 53.8 Å². The van der Waals surface area contributed by atoms with Crippen molar-refractivity contribution < 1.29 is 4.42 Å². The third-order valence-electron chi connectivity index (χ3n) is 5.24. The van der Waals surface area contributed by atoms with Gasteiger partial charge in [-0.2, -0.15) is 0 Å². The van der Waals surface area contributed by atoms with Crippen LogP contribution < -0.4 is 0 Å². The monoisotopic (exact) mass is 417 g/mol. The minimum atomic E-state index is -0.0255. The van der Waals surface area contributed by atoms with Gasteiger partial charge in [0, 0.05) is 11.5 Å². The molecule has 2 heterocycles. The molecule has 30 heavy (non-hydrogen) atoms. The Morgan fingerprint density at radius 2 is 1.77 bits per heavy atom. The van der Waals surface area contributed by atoms with E-state index >= 15 is 0 Å². The van der Waals surface area contributed by atoms with Gasteiger partial charge in [-0.1, -0.05) is 59.8 Å². The van der Waals surface area contributed by atoms with Crippen LogP contribution in [0.25, 0.3) is 11.5 Å². The standard InChI is InChI=1S/C23H23N5OS/c1-15-8-10-19(11-9-15)22-26-25-21(29-22)16(2)30-23-27-24-20(18-12-13-18)28(23)14-17-6-4-3-5-7-17/h3-11,16,18H,12-14H2,1-2H3/t16-/m0/s1. The molecule has 0 aliphatic heterocycles. The molecule has 6 nitrogen and oxygen atoms in total.